The highest BCUT2D eigenvalue weighted by Gasteiger charge is 2.27. The van der Waals surface area contributed by atoms with Crippen LogP contribution in [-0.2, 0) is 19.4 Å². The highest BCUT2D eigenvalue weighted by atomic mass is 32.2. The Kier molecular flexibility index (Phi) is 4.33. The summed E-state index contributed by atoms with van der Waals surface area (Å²) in [6, 6.07) is 2.74. The molecule has 23 heavy (non-hydrogen) atoms. The van der Waals surface area contributed by atoms with Gasteiger partial charge < -0.3 is 5.11 Å². The van der Waals surface area contributed by atoms with Gasteiger partial charge in [-0.1, -0.05) is 5.76 Å². The topological polar surface area (TPSA) is 134 Å². The number of nitrogens with zero attached hydrogens (tertiary/aromatic N) is 1. The first kappa shape index (κ1) is 16.8. The van der Waals surface area contributed by atoms with Gasteiger partial charge in [0.05, 0.1) is 15.4 Å². The monoisotopic (exact) mass is 338 g/mol. The van der Waals surface area contributed by atoms with Crippen molar-refractivity contribution in [1.82, 2.24) is 0 Å². The molecule has 0 N–H and O–H groups in total. The third-order valence-corrected chi connectivity index (χ3v) is 4.54. The lowest BCUT2D eigenvalue weighted by atomic mass is 9.89. The van der Waals surface area contributed by atoms with Crippen LogP contribution >= 0.6 is 0 Å². The number of hydrogen-bond acceptors (Lipinski definition) is 7. The lowest BCUT2D eigenvalue weighted by Gasteiger charge is -2.21. The van der Waals surface area contributed by atoms with Crippen LogP contribution in [0.1, 0.15) is 24.8 Å². The second-order valence-corrected chi connectivity index (χ2v) is 7.13. The fourth-order valence-corrected chi connectivity index (χ4v) is 2.93. The van der Waals surface area contributed by atoms with Crippen molar-refractivity contribution in [3.05, 3.63) is 39.4 Å². The number of sulfone groups is 1. The van der Waals surface area contributed by atoms with E-state index in [9.17, 15) is 33.2 Å². The van der Waals surface area contributed by atoms with Gasteiger partial charge in [0.15, 0.2) is 21.4 Å². The van der Waals surface area contributed by atoms with Gasteiger partial charge in [-0.15, -0.1) is 0 Å². The molecule has 0 amide bonds. The average Bonchev–Trinajstić information content (AvgIpc) is 2.45. The summed E-state index contributed by atoms with van der Waals surface area (Å²) in [6.45, 7) is 0. The van der Waals surface area contributed by atoms with Crippen molar-refractivity contribution in [3.63, 3.8) is 0 Å². The molecular weight excluding hydrogens is 326 g/mol. The first-order valence-corrected chi connectivity index (χ1v) is 8.48. The highest BCUT2D eigenvalue weighted by molar-refractivity contribution is 7.90. The van der Waals surface area contributed by atoms with E-state index in [0.29, 0.717) is 6.42 Å². The number of carbonyl (C=O) groups excluding carboxylic acids is 2. The van der Waals surface area contributed by atoms with Gasteiger partial charge in [0, 0.05) is 30.7 Å². The average molecular weight is 338 g/mol. The van der Waals surface area contributed by atoms with Crippen LogP contribution in [0.4, 0.5) is 5.69 Å². The quantitative estimate of drug-likeness (QED) is 0.256. The Bertz CT molecular complexity index is 834. The van der Waals surface area contributed by atoms with Gasteiger partial charge in [-0.2, -0.15) is 0 Å². The minimum absolute atomic E-state index is 0.0298. The standard InChI is InChI=1S/C14H13NO7S/c1-23(21,22)8-5-6-9(10(7-8)15(19)20)14(18)13-11(16)3-2-4-12(13)17/h5-7,18H,2-4H2,1H3/p-1. The number of rotatable bonds is 3. The van der Waals surface area contributed by atoms with Gasteiger partial charge in [-0.25, -0.2) is 8.42 Å². The molecule has 8 nitrogen and oxygen atoms in total. The Morgan fingerprint density at radius 3 is 2.22 bits per heavy atom. The smallest absolute Gasteiger partial charge is 0.277 e. The zero-order valence-electron chi connectivity index (χ0n) is 12.1. The van der Waals surface area contributed by atoms with Crippen LogP contribution in [0, 0.1) is 10.1 Å². The number of nitro benzene ring substituents is 1. The molecule has 0 heterocycles. The molecule has 1 aromatic carbocycles. The number of ketones is 2. The Labute approximate surface area is 131 Å². The summed E-state index contributed by atoms with van der Waals surface area (Å²) in [4.78, 5) is 33.5. The fourth-order valence-electron chi connectivity index (χ4n) is 2.29. The third-order valence-electron chi connectivity index (χ3n) is 3.43. The normalized spacial score (nSPS) is 15.6. The van der Waals surface area contributed by atoms with Crippen molar-refractivity contribution in [2.45, 2.75) is 24.2 Å². The van der Waals surface area contributed by atoms with Crippen LogP contribution in [0.5, 0.6) is 0 Å². The van der Waals surface area contributed by atoms with E-state index in [1.807, 2.05) is 0 Å². The Hall–Kier alpha value is -2.55. The minimum Gasteiger partial charge on any atom is -0.871 e. The van der Waals surface area contributed by atoms with Crippen molar-refractivity contribution < 1.29 is 28.0 Å². The van der Waals surface area contributed by atoms with E-state index < -0.39 is 48.9 Å². The molecule has 1 aliphatic carbocycles. The number of Topliss-reactive ketones (excluding diaryl/α,β-unsaturated/α-hetero) is 2. The van der Waals surface area contributed by atoms with Gasteiger partial charge >= 0.3 is 0 Å². The van der Waals surface area contributed by atoms with Crippen molar-refractivity contribution in [3.8, 4) is 0 Å². The molecule has 9 heteroatoms. The van der Waals surface area contributed by atoms with E-state index in [-0.39, 0.29) is 17.7 Å². The van der Waals surface area contributed by atoms with Crippen molar-refractivity contribution in [1.29, 1.82) is 0 Å². The molecule has 0 atom stereocenters. The zero-order chi connectivity index (χ0) is 17.4. The number of carbonyl (C=O) groups is 2. The summed E-state index contributed by atoms with van der Waals surface area (Å²) in [5.41, 5.74) is -1.80. The van der Waals surface area contributed by atoms with Crippen LogP contribution in [0.25, 0.3) is 5.76 Å². The van der Waals surface area contributed by atoms with Gasteiger partial charge in [0.25, 0.3) is 5.69 Å². The largest absolute Gasteiger partial charge is 0.871 e. The molecule has 1 fully saturated rings. The van der Waals surface area contributed by atoms with Crippen LogP contribution in [0.2, 0.25) is 0 Å². The van der Waals surface area contributed by atoms with Gasteiger partial charge in [-0.05, 0) is 18.6 Å². The molecule has 0 bridgehead atoms. The summed E-state index contributed by atoms with van der Waals surface area (Å²) in [6.07, 6.45) is 1.27. The zero-order valence-corrected chi connectivity index (χ0v) is 12.9. The van der Waals surface area contributed by atoms with Crippen LogP contribution in [0.15, 0.2) is 28.7 Å². The molecular formula is C14H12NO7S-. The third kappa shape index (κ3) is 3.29. The maximum Gasteiger partial charge on any atom is 0.277 e. The summed E-state index contributed by atoms with van der Waals surface area (Å²) in [5.74, 6) is -2.33. The second-order valence-electron chi connectivity index (χ2n) is 5.11. The predicted molar refractivity (Wildman–Crippen MR) is 77.0 cm³/mol. The molecule has 1 saturated carbocycles. The van der Waals surface area contributed by atoms with E-state index >= 15 is 0 Å². The van der Waals surface area contributed by atoms with E-state index in [0.717, 1.165) is 24.5 Å². The van der Waals surface area contributed by atoms with E-state index in [4.69, 9.17) is 0 Å². The van der Waals surface area contributed by atoms with E-state index in [2.05, 4.69) is 0 Å². The summed E-state index contributed by atoms with van der Waals surface area (Å²) < 4.78 is 22.9. The van der Waals surface area contributed by atoms with E-state index in [1.165, 1.54) is 0 Å². The minimum atomic E-state index is -3.70. The van der Waals surface area contributed by atoms with Crippen LogP contribution < -0.4 is 5.11 Å². The molecule has 1 aromatic rings. The Balaban J connectivity index is 2.70. The first-order chi connectivity index (χ1) is 10.6. The molecule has 122 valence electrons. The number of hydrogen-bond donors (Lipinski definition) is 0. The van der Waals surface area contributed by atoms with Gasteiger partial charge in [-0.3, -0.25) is 19.7 Å². The maximum atomic E-state index is 12.4. The van der Waals surface area contributed by atoms with Gasteiger partial charge in [0.1, 0.15) is 0 Å². The lowest BCUT2D eigenvalue weighted by molar-refractivity contribution is -0.386. The SMILES string of the molecule is CS(=O)(=O)c1ccc(C([O-])=C2C(=O)CCCC2=O)c([N+](=O)[O-])c1. The summed E-state index contributed by atoms with van der Waals surface area (Å²) in [5, 5.41) is 23.5. The summed E-state index contributed by atoms with van der Waals surface area (Å²) >= 11 is 0. The maximum absolute atomic E-state index is 12.4. The number of benzene rings is 1. The Morgan fingerprint density at radius 1 is 1.17 bits per heavy atom. The number of allylic oxidation sites excluding steroid dienone is 1. The molecule has 0 radical (unpaired) electrons. The molecule has 0 unspecified atom stereocenters. The molecule has 2 rings (SSSR count). The molecule has 0 aromatic heterocycles. The van der Waals surface area contributed by atoms with Crippen molar-refractivity contribution >= 4 is 32.9 Å². The summed E-state index contributed by atoms with van der Waals surface area (Å²) in [7, 11) is -3.70. The number of nitro groups is 1. The molecule has 1 aliphatic rings. The van der Waals surface area contributed by atoms with Gasteiger partial charge in [0.2, 0.25) is 0 Å². The molecule has 0 aliphatic heterocycles. The van der Waals surface area contributed by atoms with Crippen molar-refractivity contribution in [2.24, 2.45) is 0 Å². The Morgan fingerprint density at radius 2 is 1.74 bits per heavy atom. The molecule has 0 saturated heterocycles. The van der Waals surface area contributed by atoms with Crippen LogP contribution in [-0.4, -0.2) is 31.2 Å². The second kappa shape index (κ2) is 5.92. The predicted octanol–water partition coefficient (Wildman–Crippen LogP) is 0.392. The fraction of sp³-hybridized carbons (Fsp3) is 0.286. The highest BCUT2D eigenvalue weighted by Crippen LogP contribution is 2.30. The van der Waals surface area contributed by atoms with E-state index in [1.54, 1.807) is 0 Å². The van der Waals surface area contributed by atoms with Crippen molar-refractivity contribution in [2.75, 3.05) is 6.26 Å². The lowest BCUT2D eigenvalue weighted by Crippen LogP contribution is -2.24. The molecule has 0 spiro atoms. The van der Waals surface area contributed by atoms with Crippen LogP contribution in [0.3, 0.4) is 0 Å². The first-order valence-electron chi connectivity index (χ1n) is 6.59.